The van der Waals surface area contributed by atoms with Crippen LogP contribution in [0.1, 0.15) is 11.4 Å². The maximum atomic E-state index is 4.46. The lowest BCUT2D eigenvalue weighted by Crippen LogP contribution is -2.10. The third-order valence-corrected chi connectivity index (χ3v) is 3.21. The Hall–Kier alpha value is -0.290. The van der Waals surface area contributed by atoms with E-state index in [1.165, 1.54) is 5.69 Å². The second kappa shape index (κ2) is 3.22. The van der Waals surface area contributed by atoms with Crippen molar-refractivity contribution in [1.82, 2.24) is 9.66 Å². The molecule has 0 radical (unpaired) electrons. The van der Waals surface area contributed by atoms with Crippen LogP contribution < -0.4 is 5.43 Å². The average molecular weight is 201 g/mol. The van der Waals surface area contributed by atoms with Gasteiger partial charge in [0.1, 0.15) is 0 Å². The Balaban J connectivity index is 2.38. The Labute approximate surface area is 80.3 Å². The number of hydrogen-bond donors (Lipinski definition) is 1. The summed E-state index contributed by atoms with van der Waals surface area (Å²) >= 11 is 3.59. The Morgan fingerprint density at radius 1 is 1.75 bits per heavy atom. The van der Waals surface area contributed by atoms with E-state index in [-0.39, 0.29) is 0 Å². The van der Waals surface area contributed by atoms with Gasteiger partial charge in [0.05, 0.1) is 17.3 Å². The highest BCUT2D eigenvalue weighted by atomic mass is 32.2. The van der Waals surface area contributed by atoms with E-state index >= 15 is 0 Å². The monoisotopic (exact) mass is 201 g/mol. The number of hydrogen-bond acceptors (Lipinski definition) is 4. The van der Waals surface area contributed by atoms with E-state index in [1.54, 1.807) is 11.8 Å². The van der Waals surface area contributed by atoms with Gasteiger partial charge in [0.25, 0.3) is 0 Å². The fourth-order valence-electron chi connectivity index (χ4n) is 1.26. The minimum Gasteiger partial charge on any atom is -0.313 e. The van der Waals surface area contributed by atoms with Crippen LogP contribution in [-0.4, -0.2) is 21.8 Å². The van der Waals surface area contributed by atoms with Gasteiger partial charge in [0, 0.05) is 5.75 Å². The third-order valence-electron chi connectivity index (χ3n) is 1.85. The molecule has 5 heteroatoms. The molecule has 1 aliphatic heterocycles. The zero-order chi connectivity index (χ0) is 8.55. The normalized spacial score (nSPS) is 14.5. The zero-order valence-corrected chi connectivity index (χ0v) is 8.76. The standard InChI is InChI=1S/C7H11N3S2/c1-5-6(3-11-2)10-7(9-5)12-4-8-10/h8H,3-4H2,1-2H3. The number of aromatic nitrogens is 2. The van der Waals surface area contributed by atoms with Gasteiger partial charge in [-0.3, -0.25) is 0 Å². The summed E-state index contributed by atoms with van der Waals surface area (Å²) in [5, 5.41) is 1.11. The first-order valence-electron chi connectivity index (χ1n) is 3.76. The molecule has 1 aliphatic rings. The van der Waals surface area contributed by atoms with Crippen LogP contribution in [-0.2, 0) is 5.75 Å². The molecule has 0 spiro atoms. The number of thioether (sulfide) groups is 2. The van der Waals surface area contributed by atoms with Crippen LogP contribution in [0.2, 0.25) is 0 Å². The Kier molecular flexibility index (Phi) is 2.23. The van der Waals surface area contributed by atoms with Gasteiger partial charge in [-0.25, -0.2) is 9.66 Å². The number of nitrogens with zero attached hydrogens (tertiary/aromatic N) is 2. The molecule has 1 N–H and O–H groups in total. The molecule has 0 aromatic carbocycles. The Morgan fingerprint density at radius 3 is 3.33 bits per heavy atom. The van der Waals surface area contributed by atoms with Crippen molar-refractivity contribution in [2.24, 2.45) is 0 Å². The summed E-state index contributed by atoms with van der Waals surface area (Å²) in [6.07, 6.45) is 2.11. The quantitative estimate of drug-likeness (QED) is 0.788. The number of nitrogens with one attached hydrogen (secondary N) is 1. The molecule has 1 aromatic rings. The molecular weight excluding hydrogens is 190 g/mol. The van der Waals surface area contributed by atoms with Crippen LogP contribution in [0.4, 0.5) is 0 Å². The molecule has 1 aromatic heterocycles. The third kappa shape index (κ3) is 1.21. The predicted molar refractivity (Wildman–Crippen MR) is 54.3 cm³/mol. The minimum absolute atomic E-state index is 0.948. The highest BCUT2D eigenvalue weighted by molar-refractivity contribution is 7.99. The van der Waals surface area contributed by atoms with Gasteiger partial charge in [-0.1, -0.05) is 11.8 Å². The predicted octanol–water partition coefficient (Wildman–Crippen LogP) is 1.66. The maximum absolute atomic E-state index is 4.46. The summed E-state index contributed by atoms with van der Waals surface area (Å²) in [6.45, 7) is 2.07. The lowest BCUT2D eigenvalue weighted by atomic mass is 10.4. The van der Waals surface area contributed by atoms with Gasteiger partial charge >= 0.3 is 0 Å². The number of imidazole rings is 1. The van der Waals surface area contributed by atoms with Crippen LogP contribution in [0.15, 0.2) is 5.16 Å². The van der Waals surface area contributed by atoms with Crippen LogP contribution in [0.25, 0.3) is 0 Å². The van der Waals surface area contributed by atoms with Crippen molar-refractivity contribution in [3.05, 3.63) is 11.4 Å². The number of fused-ring (bicyclic) bond motifs is 1. The van der Waals surface area contributed by atoms with Gasteiger partial charge in [0.15, 0.2) is 5.16 Å². The first-order valence-corrected chi connectivity index (χ1v) is 6.14. The van der Waals surface area contributed by atoms with Crippen LogP contribution in [0.3, 0.4) is 0 Å². The molecular formula is C7H11N3S2. The highest BCUT2D eigenvalue weighted by Gasteiger charge is 2.18. The van der Waals surface area contributed by atoms with Crippen molar-refractivity contribution in [2.45, 2.75) is 17.8 Å². The number of rotatable bonds is 2. The highest BCUT2D eigenvalue weighted by Crippen LogP contribution is 2.26. The van der Waals surface area contributed by atoms with Crippen LogP contribution >= 0.6 is 23.5 Å². The smallest absolute Gasteiger partial charge is 0.189 e. The van der Waals surface area contributed by atoms with E-state index in [0.29, 0.717) is 0 Å². The van der Waals surface area contributed by atoms with E-state index in [9.17, 15) is 0 Å². The molecule has 0 saturated heterocycles. The fourth-order valence-corrected chi connectivity index (χ4v) is 2.70. The maximum Gasteiger partial charge on any atom is 0.189 e. The van der Waals surface area contributed by atoms with Gasteiger partial charge in [-0.2, -0.15) is 11.8 Å². The lowest BCUT2D eigenvalue weighted by Gasteiger charge is -2.04. The Morgan fingerprint density at radius 2 is 2.58 bits per heavy atom. The first kappa shape index (κ1) is 8.31. The molecule has 2 rings (SSSR count). The SMILES string of the molecule is CSCc1c(C)nc2n1NCS2. The summed E-state index contributed by atoms with van der Waals surface area (Å²) in [5.74, 6) is 1.98. The molecule has 0 saturated carbocycles. The van der Waals surface area contributed by atoms with Crippen molar-refractivity contribution in [2.75, 3.05) is 17.6 Å². The molecule has 66 valence electrons. The summed E-state index contributed by atoms with van der Waals surface area (Å²) in [4.78, 5) is 4.46. The average Bonchev–Trinajstić information content (AvgIpc) is 2.56. The lowest BCUT2D eigenvalue weighted by molar-refractivity contribution is 0.798. The van der Waals surface area contributed by atoms with E-state index in [2.05, 4.69) is 28.3 Å². The molecule has 0 atom stereocenters. The first-order chi connectivity index (χ1) is 5.83. The van der Waals surface area contributed by atoms with E-state index < -0.39 is 0 Å². The molecule has 3 nitrogen and oxygen atoms in total. The van der Waals surface area contributed by atoms with Crippen LogP contribution in [0.5, 0.6) is 0 Å². The fraction of sp³-hybridized carbons (Fsp3) is 0.571. The zero-order valence-electron chi connectivity index (χ0n) is 7.13. The molecule has 12 heavy (non-hydrogen) atoms. The van der Waals surface area contributed by atoms with Gasteiger partial charge in [-0.15, -0.1) is 0 Å². The van der Waals surface area contributed by atoms with Gasteiger partial charge in [0.2, 0.25) is 0 Å². The number of aryl methyl sites for hydroxylation is 1. The minimum atomic E-state index is 0.948. The molecule has 0 aliphatic carbocycles. The van der Waals surface area contributed by atoms with E-state index in [0.717, 1.165) is 22.5 Å². The summed E-state index contributed by atoms with van der Waals surface area (Å²) in [6, 6.07) is 0. The molecule has 0 amide bonds. The van der Waals surface area contributed by atoms with Crippen molar-refractivity contribution in [1.29, 1.82) is 0 Å². The molecule has 2 heterocycles. The topological polar surface area (TPSA) is 29.9 Å². The van der Waals surface area contributed by atoms with Gasteiger partial charge < -0.3 is 5.43 Å². The molecule has 0 fully saturated rings. The van der Waals surface area contributed by atoms with Crippen molar-refractivity contribution < 1.29 is 0 Å². The van der Waals surface area contributed by atoms with Crippen molar-refractivity contribution in [3.8, 4) is 0 Å². The van der Waals surface area contributed by atoms with Crippen molar-refractivity contribution in [3.63, 3.8) is 0 Å². The second-order valence-electron chi connectivity index (χ2n) is 2.64. The van der Waals surface area contributed by atoms with E-state index in [1.807, 2.05) is 11.8 Å². The Bertz CT molecular complexity index is 295. The molecule has 0 unspecified atom stereocenters. The van der Waals surface area contributed by atoms with Gasteiger partial charge in [-0.05, 0) is 13.2 Å². The van der Waals surface area contributed by atoms with Crippen molar-refractivity contribution >= 4 is 23.5 Å². The summed E-state index contributed by atoms with van der Waals surface area (Å²) in [7, 11) is 0. The summed E-state index contributed by atoms with van der Waals surface area (Å²) in [5.41, 5.74) is 5.74. The summed E-state index contributed by atoms with van der Waals surface area (Å²) < 4.78 is 2.11. The largest absolute Gasteiger partial charge is 0.313 e. The second-order valence-corrected chi connectivity index (χ2v) is 4.45. The van der Waals surface area contributed by atoms with E-state index in [4.69, 9.17) is 0 Å². The van der Waals surface area contributed by atoms with Crippen LogP contribution in [0, 0.1) is 6.92 Å². The molecule has 0 bridgehead atoms.